The van der Waals surface area contributed by atoms with Crippen molar-refractivity contribution in [1.29, 1.82) is 0 Å². The molecular formula is C25H34N8O2S. The van der Waals surface area contributed by atoms with Gasteiger partial charge in [-0.1, -0.05) is 12.1 Å². The number of aryl methyl sites for hydroxylation is 1. The highest BCUT2D eigenvalue weighted by Gasteiger charge is 2.25. The van der Waals surface area contributed by atoms with E-state index in [9.17, 15) is 4.79 Å². The predicted octanol–water partition coefficient (Wildman–Crippen LogP) is 2.88. The zero-order valence-electron chi connectivity index (χ0n) is 21.3. The van der Waals surface area contributed by atoms with Crippen molar-refractivity contribution < 1.29 is 9.53 Å². The molecule has 192 valence electrons. The molecule has 2 aromatic heterocycles. The van der Waals surface area contributed by atoms with Gasteiger partial charge in [0, 0.05) is 62.3 Å². The first kappa shape index (κ1) is 25.9. The van der Waals surface area contributed by atoms with Gasteiger partial charge in [-0.15, -0.1) is 0 Å². The van der Waals surface area contributed by atoms with Crippen molar-refractivity contribution in [3.05, 3.63) is 41.6 Å². The quantitative estimate of drug-likeness (QED) is 0.333. The number of nitrogens with one attached hydrogen (secondary N) is 3. The van der Waals surface area contributed by atoms with Gasteiger partial charge in [-0.3, -0.25) is 14.8 Å². The van der Waals surface area contributed by atoms with E-state index < -0.39 is 0 Å². The molecule has 0 radical (unpaired) electrons. The van der Waals surface area contributed by atoms with E-state index in [0.29, 0.717) is 29.0 Å². The molecule has 11 heteroatoms. The van der Waals surface area contributed by atoms with Crippen LogP contribution in [0.3, 0.4) is 0 Å². The number of ketones is 1. The molecule has 0 aliphatic carbocycles. The third-order valence-corrected chi connectivity index (χ3v) is 6.79. The number of carbonyl (C=O) groups excluding carboxylic acids is 1. The standard InChI is InChI=1S/C25H34N8O2S/c1-17-15-21(31-30-17)27-23-22(35-4)24(33-13-11-32(12-14-33)10-9-26-3)29-25(28-23)36-20-7-5-19(6-8-20)16-18(2)34/h5-8,15,26H,9-14,16H2,1-4H3,(H2,27,28,29,30,31). The zero-order chi connectivity index (χ0) is 25.5. The summed E-state index contributed by atoms with van der Waals surface area (Å²) in [5.74, 6) is 2.75. The predicted molar refractivity (Wildman–Crippen MR) is 143 cm³/mol. The van der Waals surface area contributed by atoms with E-state index in [0.717, 1.165) is 61.2 Å². The van der Waals surface area contributed by atoms with Crippen LogP contribution in [0.4, 0.5) is 17.5 Å². The molecule has 1 aliphatic rings. The van der Waals surface area contributed by atoms with Crippen LogP contribution in [0.1, 0.15) is 18.2 Å². The molecule has 4 rings (SSSR count). The molecule has 3 N–H and O–H groups in total. The number of aromatic amines is 1. The Morgan fingerprint density at radius 2 is 1.92 bits per heavy atom. The summed E-state index contributed by atoms with van der Waals surface area (Å²) in [5, 5.41) is 14.4. The van der Waals surface area contributed by atoms with Crippen molar-refractivity contribution in [2.45, 2.75) is 30.3 Å². The first-order chi connectivity index (χ1) is 17.4. The SMILES string of the molecule is CNCCN1CCN(c2nc(Sc3ccc(CC(C)=O)cc3)nc(Nc3cc(C)[nH]n3)c2OC)CC1. The maximum Gasteiger partial charge on any atom is 0.204 e. The van der Waals surface area contributed by atoms with Crippen molar-refractivity contribution >= 4 is 35.0 Å². The summed E-state index contributed by atoms with van der Waals surface area (Å²) in [6, 6.07) is 9.87. The Morgan fingerprint density at radius 3 is 2.53 bits per heavy atom. The van der Waals surface area contributed by atoms with Crippen LogP contribution in [0.2, 0.25) is 0 Å². The van der Waals surface area contributed by atoms with Gasteiger partial charge in [-0.2, -0.15) is 5.10 Å². The van der Waals surface area contributed by atoms with E-state index >= 15 is 0 Å². The van der Waals surface area contributed by atoms with E-state index in [1.54, 1.807) is 14.0 Å². The maximum absolute atomic E-state index is 11.4. The molecule has 10 nitrogen and oxygen atoms in total. The first-order valence-corrected chi connectivity index (χ1v) is 12.9. The highest BCUT2D eigenvalue weighted by atomic mass is 32.2. The fourth-order valence-electron chi connectivity index (χ4n) is 4.08. The summed E-state index contributed by atoms with van der Waals surface area (Å²) >= 11 is 1.48. The number of methoxy groups -OCH3 is 1. The first-order valence-electron chi connectivity index (χ1n) is 12.1. The second-order valence-corrected chi connectivity index (χ2v) is 9.87. The van der Waals surface area contributed by atoms with Crippen LogP contribution in [-0.4, -0.2) is 84.3 Å². The minimum Gasteiger partial charge on any atom is -0.490 e. The smallest absolute Gasteiger partial charge is 0.204 e. The molecule has 0 unspecified atom stereocenters. The average molecular weight is 511 g/mol. The van der Waals surface area contributed by atoms with Gasteiger partial charge in [0.15, 0.2) is 22.6 Å². The Labute approximate surface area is 216 Å². The second-order valence-electron chi connectivity index (χ2n) is 8.83. The number of ether oxygens (including phenoxy) is 1. The van der Waals surface area contributed by atoms with E-state index in [2.05, 4.69) is 30.6 Å². The minimum atomic E-state index is 0.147. The van der Waals surface area contributed by atoms with Gasteiger partial charge in [0.05, 0.1) is 7.11 Å². The van der Waals surface area contributed by atoms with Gasteiger partial charge >= 0.3 is 0 Å². The monoisotopic (exact) mass is 510 g/mol. The summed E-state index contributed by atoms with van der Waals surface area (Å²) < 4.78 is 5.83. The molecule has 1 saturated heterocycles. The lowest BCUT2D eigenvalue weighted by atomic mass is 10.1. The van der Waals surface area contributed by atoms with Crippen molar-refractivity contribution in [1.82, 2.24) is 30.4 Å². The van der Waals surface area contributed by atoms with Gasteiger partial charge in [-0.05, 0) is 50.4 Å². The third kappa shape index (κ3) is 6.74. The van der Waals surface area contributed by atoms with Crippen LogP contribution in [0.5, 0.6) is 5.75 Å². The molecule has 1 fully saturated rings. The summed E-state index contributed by atoms with van der Waals surface area (Å²) in [6.45, 7) is 9.16. The number of nitrogens with zero attached hydrogens (tertiary/aromatic N) is 5. The number of hydrogen-bond acceptors (Lipinski definition) is 10. The number of Topliss-reactive ketones (excluding diaryl/α,β-unsaturated/α-hetero) is 1. The lowest BCUT2D eigenvalue weighted by Gasteiger charge is -2.36. The number of piperazine rings is 1. The number of carbonyl (C=O) groups is 1. The van der Waals surface area contributed by atoms with Crippen molar-refractivity contribution in [2.24, 2.45) is 0 Å². The van der Waals surface area contributed by atoms with E-state index in [4.69, 9.17) is 14.7 Å². The van der Waals surface area contributed by atoms with Crippen molar-refractivity contribution in [2.75, 3.05) is 63.6 Å². The third-order valence-electron chi connectivity index (χ3n) is 5.92. The topological polar surface area (TPSA) is 111 Å². The molecule has 0 atom stereocenters. The van der Waals surface area contributed by atoms with Crippen LogP contribution >= 0.6 is 11.8 Å². The number of likely N-dealkylation sites (N-methyl/N-ethyl adjacent to an activating group) is 1. The second kappa shape index (κ2) is 12.2. The number of hydrogen-bond donors (Lipinski definition) is 3. The van der Waals surface area contributed by atoms with Crippen LogP contribution in [0.25, 0.3) is 0 Å². The van der Waals surface area contributed by atoms with Crippen LogP contribution in [0, 0.1) is 6.92 Å². The summed E-state index contributed by atoms with van der Waals surface area (Å²) in [6.07, 6.45) is 0.436. The highest BCUT2D eigenvalue weighted by molar-refractivity contribution is 7.99. The lowest BCUT2D eigenvalue weighted by Crippen LogP contribution is -2.48. The minimum absolute atomic E-state index is 0.147. The van der Waals surface area contributed by atoms with Crippen LogP contribution in [0.15, 0.2) is 40.4 Å². The molecule has 1 aliphatic heterocycles. The molecule has 0 spiro atoms. The molecule has 0 saturated carbocycles. The normalized spacial score (nSPS) is 14.2. The van der Waals surface area contributed by atoms with Gasteiger partial charge in [0.2, 0.25) is 5.75 Å². The van der Waals surface area contributed by atoms with Gasteiger partial charge in [-0.25, -0.2) is 9.97 Å². The fourth-order valence-corrected chi connectivity index (χ4v) is 4.83. The zero-order valence-corrected chi connectivity index (χ0v) is 22.1. The molecule has 36 heavy (non-hydrogen) atoms. The van der Waals surface area contributed by atoms with E-state index in [1.807, 2.05) is 44.3 Å². The molecule has 1 aromatic carbocycles. The summed E-state index contributed by atoms with van der Waals surface area (Å²) in [7, 11) is 3.63. The average Bonchev–Trinajstić information content (AvgIpc) is 3.28. The van der Waals surface area contributed by atoms with Crippen molar-refractivity contribution in [3.8, 4) is 5.75 Å². The molecule has 3 aromatic rings. The van der Waals surface area contributed by atoms with Crippen molar-refractivity contribution in [3.63, 3.8) is 0 Å². The van der Waals surface area contributed by atoms with E-state index in [-0.39, 0.29) is 5.78 Å². The Morgan fingerprint density at radius 1 is 1.17 bits per heavy atom. The van der Waals surface area contributed by atoms with E-state index in [1.165, 1.54) is 11.8 Å². The highest BCUT2D eigenvalue weighted by Crippen LogP contribution is 2.38. The summed E-state index contributed by atoms with van der Waals surface area (Å²) in [4.78, 5) is 26.9. The molecule has 0 bridgehead atoms. The lowest BCUT2D eigenvalue weighted by molar-refractivity contribution is -0.116. The number of benzene rings is 1. The Bertz CT molecular complexity index is 1160. The van der Waals surface area contributed by atoms with Crippen LogP contribution in [-0.2, 0) is 11.2 Å². The Balaban J connectivity index is 1.62. The number of H-pyrrole nitrogens is 1. The fraction of sp³-hybridized carbons (Fsp3) is 0.440. The molecular weight excluding hydrogens is 476 g/mol. The molecule has 0 amide bonds. The van der Waals surface area contributed by atoms with Gasteiger partial charge in [0.25, 0.3) is 0 Å². The van der Waals surface area contributed by atoms with Crippen LogP contribution < -0.4 is 20.3 Å². The van der Waals surface area contributed by atoms with Gasteiger partial charge in [0.1, 0.15) is 5.78 Å². The number of aromatic nitrogens is 4. The summed E-state index contributed by atoms with van der Waals surface area (Å²) in [5.41, 5.74) is 1.94. The van der Waals surface area contributed by atoms with Gasteiger partial charge < -0.3 is 20.3 Å². The molecule has 3 heterocycles. The largest absolute Gasteiger partial charge is 0.490 e. The maximum atomic E-state index is 11.4. The Kier molecular flexibility index (Phi) is 8.79. The number of rotatable bonds is 11. The Hall–Kier alpha value is -3.15. The number of anilines is 3.